The van der Waals surface area contributed by atoms with Crippen LogP contribution in [0.4, 0.5) is 0 Å². The second kappa shape index (κ2) is 8.59. The number of esters is 1. The van der Waals surface area contributed by atoms with Crippen molar-refractivity contribution >= 4 is 22.9 Å². The fraction of sp³-hybridized carbons (Fsp3) is 0.393. The summed E-state index contributed by atoms with van der Waals surface area (Å²) in [7, 11) is 0. The number of hydrogen-bond acceptors (Lipinski definition) is 3. The third-order valence-electron chi connectivity index (χ3n) is 7.17. The zero-order valence-electron chi connectivity index (χ0n) is 19.2. The van der Waals surface area contributed by atoms with Gasteiger partial charge in [-0.2, -0.15) is 0 Å². The molecule has 32 heavy (non-hydrogen) atoms. The molecule has 5 rings (SSSR count). The van der Waals surface area contributed by atoms with Gasteiger partial charge in [0.1, 0.15) is 0 Å². The van der Waals surface area contributed by atoms with E-state index in [1.807, 2.05) is 13.0 Å². The molecule has 2 aromatic carbocycles. The van der Waals surface area contributed by atoms with E-state index in [9.17, 15) is 4.79 Å². The van der Waals surface area contributed by atoms with Gasteiger partial charge in [0.15, 0.2) is 0 Å². The highest BCUT2D eigenvalue weighted by Crippen LogP contribution is 2.49. The van der Waals surface area contributed by atoms with Crippen LogP contribution >= 0.6 is 0 Å². The monoisotopic (exact) mass is 428 g/mol. The molecule has 0 spiro atoms. The molecule has 0 amide bonds. The molecule has 1 aliphatic heterocycles. The van der Waals surface area contributed by atoms with Gasteiger partial charge in [-0.25, -0.2) is 4.79 Å². The van der Waals surface area contributed by atoms with E-state index in [-0.39, 0.29) is 12.0 Å². The van der Waals surface area contributed by atoms with Crippen molar-refractivity contribution in [3.8, 4) is 0 Å². The third kappa shape index (κ3) is 3.77. The Morgan fingerprint density at radius 1 is 1.16 bits per heavy atom. The number of hydrogen-bond donors (Lipinski definition) is 1. The van der Waals surface area contributed by atoms with E-state index in [1.54, 1.807) is 0 Å². The van der Waals surface area contributed by atoms with E-state index in [0.29, 0.717) is 18.7 Å². The van der Waals surface area contributed by atoms with Gasteiger partial charge >= 0.3 is 5.97 Å². The molecule has 4 heteroatoms. The molecular formula is C28H32N2O2. The molecule has 1 aliphatic carbocycles. The van der Waals surface area contributed by atoms with Crippen LogP contribution in [0, 0.1) is 5.92 Å². The van der Waals surface area contributed by atoms with Gasteiger partial charge in [-0.05, 0) is 61.4 Å². The highest BCUT2D eigenvalue weighted by atomic mass is 16.5. The summed E-state index contributed by atoms with van der Waals surface area (Å²) < 4.78 is 4.99. The van der Waals surface area contributed by atoms with E-state index < -0.39 is 0 Å². The Hall–Kier alpha value is -2.85. The number of H-pyrrole nitrogens is 1. The fourth-order valence-corrected chi connectivity index (χ4v) is 5.52. The lowest BCUT2D eigenvalue weighted by molar-refractivity contribution is -0.137. The lowest BCUT2D eigenvalue weighted by Gasteiger charge is -2.41. The van der Waals surface area contributed by atoms with Crippen LogP contribution in [0.3, 0.4) is 0 Å². The lowest BCUT2D eigenvalue weighted by atomic mass is 9.88. The zero-order valence-corrected chi connectivity index (χ0v) is 19.2. The van der Waals surface area contributed by atoms with Gasteiger partial charge < -0.3 is 9.72 Å². The predicted molar refractivity (Wildman–Crippen MR) is 129 cm³/mol. The topological polar surface area (TPSA) is 45.3 Å². The van der Waals surface area contributed by atoms with Crippen LogP contribution in [0.5, 0.6) is 0 Å². The number of aromatic nitrogens is 1. The quantitative estimate of drug-likeness (QED) is 0.394. The minimum Gasteiger partial charge on any atom is -0.463 e. The second-order valence-corrected chi connectivity index (χ2v) is 9.19. The van der Waals surface area contributed by atoms with Crippen LogP contribution in [0.2, 0.25) is 0 Å². The summed E-state index contributed by atoms with van der Waals surface area (Å²) >= 11 is 0. The molecule has 1 aromatic heterocycles. The first-order chi connectivity index (χ1) is 15.6. The number of carbonyl (C=O) groups excluding carboxylic acids is 1. The first kappa shape index (κ1) is 21.0. The molecule has 1 fully saturated rings. The number of ether oxygens (including phenoxy) is 1. The Kier molecular flexibility index (Phi) is 5.64. The molecule has 0 radical (unpaired) electrons. The molecule has 166 valence electrons. The molecular weight excluding hydrogens is 396 g/mol. The van der Waals surface area contributed by atoms with Gasteiger partial charge in [-0.3, -0.25) is 4.90 Å². The van der Waals surface area contributed by atoms with Crippen molar-refractivity contribution in [1.29, 1.82) is 0 Å². The predicted octanol–water partition coefficient (Wildman–Crippen LogP) is 5.88. The van der Waals surface area contributed by atoms with Gasteiger partial charge in [0.25, 0.3) is 0 Å². The van der Waals surface area contributed by atoms with Gasteiger partial charge in [-0.15, -0.1) is 0 Å². The normalized spacial score (nSPS) is 25.2. The standard InChI is InChI=1S/C28H32N2O2/c1-4-20-17-25(20)30-18(3)16-23-22-8-6-7-9-24(22)29-27(23)28(30)21-13-10-19(11-14-21)12-15-26(31)32-5-2/h6-15,18,20,25,28-29H,4-5,16-17H2,1-3H3/b15-12+. The first-order valence-corrected chi connectivity index (χ1v) is 11.9. The molecule has 3 aromatic rings. The highest BCUT2D eigenvalue weighted by molar-refractivity contribution is 5.87. The maximum Gasteiger partial charge on any atom is 0.330 e. The van der Waals surface area contributed by atoms with Crippen molar-refractivity contribution in [3.63, 3.8) is 0 Å². The number of benzene rings is 2. The molecule has 4 unspecified atom stereocenters. The van der Waals surface area contributed by atoms with Gasteiger partial charge in [0.2, 0.25) is 0 Å². The fourth-order valence-electron chi connectivity index (χ4n) is 5.52. The summed E-state index contributed by atoms with van der Waals surface area (Å²) in [6.07, 6.45) is 6.96. The summed E-state index contributed by atoms with van der Waals surface area (Å²) in [6, 6.07) is 18.7. The Balaban J connectivity index is 1.53. The molecule has 2 heterocycles. The summed E-state index contributed by atoms with van der Waals surface area (Å²) in [6.45, 7) is 6.91. The van der Waals surface area contributed by atoms with Gasteiger partial charge in [0.05, 0.1) is 12.6 Å². The minimum atomic E-state index is -0.300. The van der Waals surface area contributed by atoms with Crippen LogP contribution in [-0.4, -0.2) is 34.5 Å². The molecule has 0 saturated heterocycles. The summed E-state index contributed by atoms with van der Waals surface area (Å²) in [5.74, 6) is 0.503. The first-order valence-electron chi connectivity index (χ1n) is 11.9. The van der Waals surface area contributed by atoms with E-state index in [2.05, 4.69) is 72.3 Å². The number of nitrogens with zero attached hydrogens (tertiary/aromatic N) is 1. The average molecular weight is 429 g/mol. The van der Waals surface area contributed by atoms with Crippen molar-refractivity contribution in [2.24, 2.45) is 5.92 Å². The van der Waals surface area contributed by atoms with E-state index in [1.165, 1.54) is 46.6 Å². The van der Waals surface area contributed by atoms with E-state index >= 15 is 0 Å². The van der Waals surface area contributed by atoms with Crippen molar-refractivity contribution < 1.29 is 9.53 Å². The number of carbonyl (C=O) groups is 1. The second-order valence-electron chi connectivity index (χ2n) is 9.19. The Morgan fingerprint density at radius 2 is 1.94 bits per heavy atom. The number of rotatable bonds is 6. The van der Waals surface area contributed by atoms with Crippen molar-refractivity contribution in [3.05, 3.63) is 77.0 Å². The summed E-state index contributed by atoms with van der Waals surface area (Å²) in [4.78, 5) is 18.2. The van der Waals surface area contributed by atoms with E-state index in [0.717, 1.165) is 17.9 Å². The van der Waals surface area contributed by atoms with Crippen LogP contribution in [-0.2, 0) is 16.0 Å². The number of para-hydroxylation sites is 1. The summed E-state index contributed by atoms with van der Waals surface area (Å²) in [5, 5.41) is 1.36. The third-order valence-corrected chi connectivity index (χ3v) is 7.17. The number of aromatic amines is 1. The van der Waals surface area contributed by atoms with Gasteiger partial charge in [0, 0.05) is 34.8 Å². The van der Waals surface area contributed by atoms with Crippen molar-refractivity contribution in [1.82, 2.24) is 9.88 Å². The minimum absolute atomic E-state index is 0.228. The SMILES string of the molecule is CCOC(=O)/C=C/c1ccc(C2c3[nH]c4ccccc4c3CC(C)N2C2CC2CC)cc1. The van der Waals surface area contributed by atoms with Crippen LogP contribution < -0.4 is 0 Å². The van der Waals surface area contributed by atoms with Gasteiger partial charge in [-0.1, -0.05) is 55.8 Å². The molecule has 2 aliphatic rings. The highest BCUT2D eigenvalue weighted by Gasteiger charge is 2.48. The molecule has 4 atom stereocenters. The maximum absolute atomic E-state index is 11.7. The maximum atomic E-state index is 11.7. The molecule has 1 N–H and O–H groups in total. The Labute approximate surface area is 190 Å². The van der Waals surface area contributed by atoms with Crippen LogP contribution in [0.15, 0.2) is 54.6 Å². The lowest BCUT2D eigenvalue weighted by Crippen LogP contribution is -2.44. The molecule has 0 bridgehead atoms. The van der Waals surface area contributed by atoms with Crippen LogP contribution in [0.1, 0.15) is 62.0 Å². The largest absolute Gasteiger partial charge is 0.463 e. The van der Waals surface area contributed by atoms with E-state index in [4.69, 9.17) is 4.74 Å². The Bertz CT molecular complexity index is 1140. The Morgan fingerprint density at radius 3 is 2.66 bits per heavy atom. The molecule has 1 saturated carbocycles. The smallest absolute Gasteiger partial charge is 0.330 e. The average Bonchev–Trinajstić information content (AvgIpc) is 3.50. The zero-order chi connectivity index (χ0) is 22.2. The van der Waals surface area contributed by atoms with Crippen LogP contribution in [0.25, 0.3) is 17.0 Å². The summed E-state index contributed by atoms with van der Waals surface area (Å²) in [5.41, 5.74) is 6.36. The number of nitrogens with one attached hydrogen (secondary N) is 1. The number of fused-ring (bicyclic) bond motifs is 3. The van der Waals surface area contributed by atoms with Crippen molar-refractivity contribution in [2.45, 2.75) is 58.2 Å². The molecule has 4 nitrogen and oxygen atoms in total. The van der Waals surface area contributed by atoms with Crippen molar-refractivity contribution in [2.75, 3.05) is 6.61 Å².